The van der Waals surface area contributed by atoms with Crippen molar-refractivity contribution in [1.29, 1.82) is 0 Å². The number of H-pyrrole nitrogens is 1. The highest BCUT2D eigenvalue weighted by Gasteiger charge is 2.24. The third-order valence-electron chi connectivity index (χ3n) is 5.88. The summed E-state index contributed by atoms with van der Waals surface area (Å²) in [5.41, 5.74) is 7.83. The molecule has 11 nitrogen and oxygen atoms in total. The number of amides is 3. The summed E-state index contributed by atoms with van der Waals surface area (Å²) in [4.78, 5) is 37.5. The number of hydrogen-bond acceptors (Lipinski definition) is 7. The molecule has 0 aliphatic heterocycles. The third-order valence-corrected chi connectivity index (χ3v) is 5.88. The molecule has 0 fully saturated rings. The van der Waals surface area contributed by atoms with Gasteiger partial charge in [0.05, 0.1) is 0 Å². The molecule has 3 aromatic carbocycles. The lowest BCUT2D eigenvalue weighted by molar-refractivity contribution is -0.118. The number of anilines is 1. The number of benzene rings is 3. The molecule has 1 atom stereocenters. The first kappa shape index (κ1) is 27.0. The largest absolute Gasteiger partial charge is 0.443 e. The maximum absolute atomic E-state index is 13.3. The quantitative estimate of drug-likeness (QED) is 0.246. The molecule has 0 aliphatic rings. The number of aromatic amines is 1. The minimum atomic E-state index is -0.835. The van der Waals surface area contributed by atoms with E-state index in [4.69, 9.17) is 10.5 Å². The van der Waals surface area contributed by atoms with Crippen LogP contribution in [0.25, 0.3) is 11.4 Å². The molecule has 0 bridgehead atoms. The van der Waals surface area contributed by atoms with Gasteiger partial charge in [-0.3, -0.25) is 9.59 Å². The Kier molecular flexibility index (Phi) is 8.30. The van der Waals surface area contributed by atoms with Gasteiger partial charge in [0.15, 0.2) is 0 Å². The van der Waals surface area contributed by atoms with Gasteiger partial charge in [-0.15, -0.1) is 10.2 Å². The highest BCUT2D eigenvalue weighted by atomic mass is 16.6. The lowest BCUT2D eigenvalue weighted by Gasteiger charge is -2.24. The van der Waals surface area contributed by atoms with Gasteiger partial charge in [0.25, 0.3) is 5.91 Å². The first-order valence-corrected chi connectivity index (χ1v) is 12.3. The number of carbonyl (C=O) groups excluding carboxylic acids is 3. The van der Waals surface area contributed by atoms with Crippen molar-refractivity contribution < 1.29 is 19.1 Å². The first-order valence-electron chi connectivity index (χ1n) is 12.3. The molecule has 0 spiro atoms. The minimum Gasteiger partial charge on any atom is -0.443 e. The average molecular weight is 528 g/mol. The summed E-state index contributed by atoms with van der Waals surface area (Å²) in [5, 5.41) is 19.5. The highest BCUT2D eigenvalue weighted by molar-refractivity contribution is 6.01. The molecule has 1 unspecified atom stereocenters. The summed E-state index contributed by atoms with van der Waals surface area (Å²) >= 11 is 0. The molecule has 0 saturated carbocycles. The van der Waals surface area contributed by atoms with Crippen molar-refractivity contribution in [3.05, 3.63) is 95.6 Å². The Hall–Kier alpha value is -5.06. The fraction of sp³-hybridized carbons (Fsp3) is 0.214. The second-order valence-corrected chi connectivity index (χ2v) is 9.57. The molecule has 0 radical (unpaired) electrons. The minimum absolute atomic E-state index is 0.302. The summed E-state index contributed by atoms with van der Waals surface area (Å²) < 4.78 is 5.14. The van der Waals surface area contributed by atoms with Gasteiger partial charge in [-0.1, -0.05) is 54.6 Å². The SMILES string of the molecule is CC(C)(Cc1ccc(NC(=O)C(Cc2ccccc2)NC(=O)c2ccc(-c3nn[nH]n3)cc2)cc1)OC(N)=O. The van der Waals surface area contributed by atoms with Gasteiger partial charge in [-0.2, -0.15) is 5.21 Å². The van der Waals surface area contributed by atoms with E-state index in [2.05, 4.69) is 31.3 Å². The number of aromatic nitrogens is 4. The van der Waals surface area contributed by atoms with Gasteiger partial charge < -0.3 is 21.1 Å². The molecule has 0 saturated heterocycles. The van der Waals surface area contributed by atoms with Gasteiger partial charge in [-0.25, -0.2) is 4.79 Å². The van der Waals surface area contributed by atoms with Crippen LogP contribution in [-0.4, -0.2) is 50.2 Å². The predicted octanol–water partition coefficient (Wildman–Crippen LogP) is 3.26. The summed E-state index contributed by atoms with van der Waals surface area (Å²) in [6.45, 7) is 3.53. The number of ether oxygens (including phenoxy) is 1. The molecule has 39 heavy (non-hydrogen) atoms. The second-order valence-electron chi connectivity index (χ2n) is 9.57. The van der Waals surface area contributed by atoms with Crippen molar-refractivity contribution >= 4 is 23.6 Å². The molecule has 200 valence electrons. The fourth-order valence-corrected chi connectivity index (χ4v) is 4.09. The first-order chi connectivity index (χ1) is 18.7. The van der Waals surface area contributed by atoms with Crippen LogP contribution in [-0.2, 0) is 22.4 Å². The van der Waals surface area contributed by atoms with Crippen molar-refractivity contribution in [3.63, 3.8) is 0 Å². The maximum atomic E-state index is 13.3. The van der Waals surface area contributed by atoms with Crippen molar-refractivity contribution in [2.75, 3.05) is 5.32 Å². The number of nitrogens with one attached hydrogen (secondary N) is 3. The van der Waals surface area contributed by atoms with Crippen LogP contribution in [0.4, 0.5) is 10.5 Å². The zero-order valence-corrected chi connectivity index (χ0v) is 21.5. The van der Waals surface area contributed by atoms with E-state index in [9.17, 15) is 14.4 Å². The Labute approximate surface area is 225 Å². The molecule has 4 aromatic rings. The molecule has 4 rings (SSSR count). The molecule has 1 aromatic heterocycles. The molecule has 0 aliphatic carbocycles. The maximum Gasteiger partial charge on any atom is 0.405 e. The number of nitrogens with zero attached hydrogens (tertiary/aromatic N) is 3. The van der Waals surface area contributed by atoms with Crippen LogP contribution in [0.1, 0.15) is 35.3 Å². The molecule has 1 heterocycles. The Morgan fingerprint density at radius 1 is 0.949 bits per heavy atom. The van der Waals surface area contributed by atoms with E-state index in [0.29, 0.717) is 35.5 Å². The van der Waals surface area contributed by atoms with Crippen molar-refractivity contribution in [1.82, 2.24) is 25.9 Å². The zero-order valence-electron chi connectivity index (χ0n) is 21.5. The number of rotatable bonds is 10. The number of hydrogen-bond donors (Lipinski definition) is 4. The van der Waals surface area contributed by atoms with E-state index < -0.39 is 23.6 Å². The number of carbonyl (C=O) groups is 3. The zero-order chi connectivity index (χ0) is 27.8. The monoisotopic (exact) mass is 527 g/mol. The number of nitrogens with two attached hydrogens (primary N) is 1. The molecular formula is C28H29N7O4. The van der Waals surface area contributed by atoms with Crippen molar-refractivity contribution in [2.24, 2.45) is 5.73 Å². The summed E-state index contributed by atoms with van der Waals surface area (Å²) in [6, 6.07) is 22.5. The van der Waals surface area contributed by atoms with Crippen molar-refractivity contribution in [3.8, 4) is 11.4 Å². The lowest BCUT2D eigenvalue weighted by Crippen LogP contribution is -2.45. The Bertz CT molecular complexity index is 1400. The van der Waals surface area contributed by atoms with Crippen LogP contribution in [0.5, 0.6) is 0 Å². The molecule has 3 amide bonds. The third kappa shape index (κ3) is 7.71. The van der Waals surface area contributed by atoms with Crippen LogP contribution < -0.4 is 16.4 Å². The van der Waals surface area contributed by atoms with Crippen molar-refractivity contribution in [2.45, 2.75) is 38.3 Å². The number of primary amides is 1. The van der Waals surface area contributed by atoms with E-state index in [1.807, 2.05) is 42.5 Å². The van der Waals surface area contributed by atoms with Gasteiger partial charge in [0, 0.05) is 29.7 Å². The highest BCUT2D eigenvalue weighted by Crippen LogP contribution is 2.20. The van der Waals surface area contributed by atoms with Gasteiger partial charge in [-0.05, 0) is 54.5 Å². The normalized spacial score (nSPS) is 11.8. The van der Waals surface area contributed by atoms with E-state index in [1.54, 1.807) is 50.2 Å². The van der Waals surface area contributed by atoms with E-state index >= 15 is 0 Å². The summed E-state index contributed by atoms with van der Waals surface area (Å²) in [7, 11) is 0. The van der Waals surface area contributed by atoms with Crippen LogP contribution >= 0.6 is 0 Å². The van der Waals surface area contributed by atoms with E-state index in [0.717, 1.165) is 11.1 Å². The van der Waals surface area contributed by atoms with Gasteiger partial charge >= 0.3 is 6.09 Å². The van der Waals surface area contributed by atoms with Gasteiger partial charge in [0.1, 0.15) is 11.6 Å². The standard InChI is InChI=1S/C28H29N7O4/c1-28(2,39-27(29)38)17-19-8-14-22(15-9-19)30-26(37)23(16-18-6-4-3-5-7-18)31-25(36)21-12-10-20(11-13-21)24-32-34-35-33-24/h3-15,23H,16-17H2,1-2H3,(H2,29,38)(H,30,37)(H,31,36)(H,32,33,34,35). The molecule has 5 N–H and O–H groups in total. The second kappa shape index (κ2) is 12.0. The fourth-order valence-electron chi connectivity index (χ4n) is 4.09. The van der Waals surface area contributed by atoms with Crippen LogP contribution in [0.15, 0.2) is 78.9 Å². The lowest BCUT2D eigenvalue weighted by atomic mass is 9.98. The topological polar surface area (TPSA) is 165 Å². The Balaban J connectivity index is 1.45. The number of tetrazole rings is 1. The Morgan fingerprint density at radius 3 is 2.26 bits per heavy atom. The van der Waals surface area contributed by atoms with E-state index in [1.165, 1.54) is 0 Å². The average Bonchev–Trinajstić information content (AvgIpc) is 3.44. The predicted molar refractivity (Wildman–Crippen MR) is 145 cm³/mol. The molecule has 11 heteroatoms. The molecular weight excluding hydrogens is 498 g/mol. The van der Waals surface area contributed by atoms with Gasteiger partial charge in [0.2, 0.25) is 11.7 Å². The Morgan fingerprint density at radius 2 is 1.64 bits per heavy atom. The van der Waals surface area contributed by atoms with E-state index in [-0.39, 0.29) is 5.91 Å². The summed E-state index contributed by atoms with van der Waals surface area (Å²) in [6.07, 6.45) is -0.0864. The summed E-state index contributed by atoms with van der Waals surface area (Å²) in [5.74, 6) is -0.336. The van der Waals surface area contributed by atoms with Crippen LogP contribution in [0, 0.1) is 0 Å². The van der Waals surface area contributed by atoms with Crippen LogP contribution in [0.3, 0.4) is 0 Å². The smallest absolute Gasteiger partial charge is 0.405 e. The van der Waals surface area contributed by atoms with Crippen LogP contribution in [0.2, 0.25) is 0 Å².